The number of para-hydroxylation sites is 1. The summed E-state index contributed by atoms with van der Waals surface area (Å²) in [6.45, 7) is 0.714. The van der Waals surface area contributed by atoms with Crippen molar-refractivity contribution in [3.05, 3.63) is 64.3 Å². The van der Waals surface area contributed by atoms with E-state index in [1.807, 2.05) is 48.7 Å². The molecule has 0 amide bonds. The molecule has 19 heavy (non-hydrogen) atoms. The van der Waals surface area contributed by atoms with E-state index in [0.717, 1.165) is 21.2 Å². The van der Waals surface area contributed by atoms with E-state index < -0.39 is 0 Å². The van der Waals surface area contributed by atoms with Crippen molar-refractivity contribution in [1.82, 2.24) is 4.98 Å². The number of benzene rings is 2. The number of H-pyrrole nitrogens is 1. The highest BCUT2D eigenvalue weighted by atomic mass is 35.5. The highest BCUT2D eigenvalue weighted by Crippen LogP contribution is 2.25. The molecular formula is C15H12Cl2N2. The van der Waals surface area contributed by atoms with Gasteiger partial charge in [-0.25, -0.2) is 0 Å². The molecule has 0 spiro atoms. The van der Waals surface area contributed by atoms with Gasteiger partial charge in [-0.2, -0.15) is 0 Å². The Kier molecular flexibility index (Phi) is 3.36. The number of fused-ring (bicyclic) bond motifs is 1. The van der Waals surface area contributed by atoms with E-state index in [9.17, 15) is 0 Å². The van der Waals surface area contributed by atoms with Crippen LogP contribution in [0.5, 0.6) is 0 Å². The average Bonchev–Trinajstić information content (AvgIpc) is 2.80. The summed E-state index contributed by atoms with van der Waals surface area (Å²) in [4.78, 5) is 3.22. The molecule has 2 N–H and O–H groups in total. The van der Waals surface area contributed by atoms with Crippen LogP contribution >= 0.6 is 23.2 Å². The summed E-state index contributed by atoms with van der Waals surface area (Å²) in [5, 5.41) is 5.97. The SMILES string of the molecule is Clc1ccc2c(CNc3ccccc3Cl)c[nH]c2c1. The number of hydrogen-bond donors (Lipinski definition) is 2. The van der Waals surface area contributed by atoms with E-state index in [2.05, 4.69) is 10.3 Å². The molecule has 1 heterocycles. The minimum absolute atomic E-state index is 0.714. The highest BCUT2D eigenvalue weighted by molar-refractivity contribution is 6.33. The van der Waals surface area contributed by atoms with Gasteiger partial charge in [0.15, 0.2) is 0 Å². The van der Waals surface area contributed by atoms with Gasteiger partial charge in [0.1, 0.15) is 0 Å². The van der Waals surface area contributed by atoms with Crippen molar-refractivity contribution < 1.29 is 0 Å². The van der Waals surface area contributed by atoms with Crippen molar-refractivity contribution in [3.63, 3.8) is 0 Å². The monoisotopic (exact) mass is 290 g/mol. The summed E-state index contributed by atoms with van der Waals surface area (Å²) in [5.74, 6) is 0. The van der Waals surface area contributed by atoms with Crippen LogP contribution in [0.1, 0.15) is 5.56 Å². The van der Waals surface area contributed by atoms with E-state index in [1.54, 1.807) is 0 Å². The second-order valence-corrected chi connectivity index (χ2v) is 5.18. The molecule has 2 aromatic carbocycles. The maximum atomic E-state index is 6.12. The first-order chi connectivity index (χ1) is 9.24. The van der Waals surface area contributed by atoms with Crippen molar-refractivity contribution >= 4 is 39.8 Å². The molecule has 3 rings (SSSR count). The molecule has 0 saturated heterocycles. The Bertz CT molecular complexity index is 719. The molecule has 0 fully saturated rings. The normalized spacial score (nSPS) is 10.8. The molecule has 0 aliphatic rings. The second kappa shape index (κ2) is 5.16. The summed E-state index contributed by atoms with van der Waals surface area (Å²) in [7, 11) is 0. The smallest absolute Gasteiger partial charge is 0.0637 e. The molecule has 0 radical (unpaired) electrons. The van der Waals surface area contributed by atoms with Crippen molar-refractivity contribution in [3.8, 4) is 0 Å². The Hall–Kier alpha value is -1.64. The summed E-state index contributed by atoms with van der Waals surface area (Å²) in [6, 6.07) is 13.6. The number of aromatic amines is 1. The number of hydrogen-bond acceptors (Lipinski definition) is 1. The molecule has 0 atom stereocenters. The highest BCUT2D eigenvalue weighted by Gasteiger charge is 2.05. The third kappa shape index (κ3) is 2.55. The van der Waals surface area contributed by atoms with E-state index in [-0.39, 0.29) is 0 Å². The van der Waals surface area contributed by atoms with Gasteiger partial charge in [-0.3, -0.25) is 0 Å². The van der Waals surface area contributed by atoms with E-state index in [0.29, 0.717) is 6.54 Å². The zero-order valence-corrected chi connectivity index (χ0v) is 11.6. The molecule has 0 aliphatic heterocycles. The molecule has 0 bridgehead atoms. The van der Waals surface area contributed by atoms with Gasteiger partial charge >= 0.3 is 0 Å². The molecule has 96 valence electrons. The number of aromatic nitrogens is 1. The molecule has 0 unspecified atom stereocenters. The maximum Gasteiger partial charge on any atom is 0.0637 e. The van der Waals surface area contributed by atoms with Crippen LogP contribution in [0.3, 0.4) is 0 Å². The number of nitrogens with one attached hydrogen (secondary N) is 2. The van der Waals surface area contributed by atoms with Crippen LogP contribution in [0, 0.1) is 0 Å². The summed E-state index contributed by atoms with van der Waals surface area (Å²) < 4.78 is 0. The van der Waals surface area contributed by atoms with Gasteiger partial charge in [-0.15, -0.1) is 0 Å². The van der Waals surface area contributed by atoms with Gasteiger partial charge in [0.2, 0.25) is 0 Å². The van der Waals surface area contributed by atoms with Crippen molar-refractivity contribution in [1.29, 1.82) is 0 Å². The molecular weight excluding hydrogens is 279 g/mol. The van der Waals surface area contributed by atoms with Gasteiger partial charge in [0.25, 0.3) is 0 Å². The van der Waals surface area contributed by atoms with Gasteiger partial charge in [0, 0.05) is 28.7 Å². The Morgan fingerprint density at radius 3 is 2.74 bits per heavy atom. The third-order valence-corrected chi connectivity index (χ3v) is 3.64. The lowest BCUT2D eigenvalue weighted by molar-refractivity contribution is 1.16. The molecule has 1 aromatic heterocycles. The lowest BCUT2D eigenvalue weighted by Crippen LogP contribution is -1.98. The topological polar surface area (TPSA) is 27.8 Å². The fraction of sp³-hybridized carbons (Fsp3) is 0.0667. The van der Waals surface area contributed by atoms with Crippen LogP contribution in [-0.2, 0) is 6.54 Å². The summed E-state index contributed by atoms with van der Waals surface area (Å²) in [6.07, 6.45) is 1.99. The fourth-order valence-electron chi connectivity index (χ4n) is 2.10. The van der Waals surface area contributed by atoms with Crippen LogP contribution in [-0.4, -0.2) is 4.98 Å². The number of anilines is 1. The van der Waals surface area contributed by atoms with Gasteiger partial charge in [-0.1, -0.05) is 41.4 Å². The third-order valence-electron chi connectivity index (χ3n) is 3.07. The van der Waals surface area contributed by atoms with Crippen molar-refractivity contribution in [2.24, 2.45) is 0 Å². The maximum absolute atomic E-state index is 6.12. The van der Waals surface area contributed by atoms with Crippen LogP contribution in [0.15, 0.2) is 48.7 Å². The van der Waals surface area contributed by atoms with Crippen LogP contribution in [0.4, 0.5) is 5.69 Å². The van der Waals surface area contributed by atoms with Gasteiger partial charge in [-0.05, 0) is 29.8 Å². The quantitative estimate of drug-likeness (QED) is 0.691. The van der Waals surface area contributed by atoms with E-state index in [4.69, 9.17) is 23.2 Å². The summed E-state index contributed by atoms with van der Waals surface area (Å²) in [5.41, 5.74) is 3.17. The minimum atomic E-state index is 0.714. The van der Waals surface area contributed by atoms with Crippen LogP contribution in [0.25, 0.3) is 10.9 Å². The molecule has 0 aliphatic carbocycles. The standard InChI is InChI=1S/C15H12Cl2N2/c16-11-5-6-12-10(9-19-15(12)7-11)8-18-14-4-2-1-3-13(14)17/h1-7,9,18-19H,8H2. The largest absolute Gasteiger partial charge is 0.380 e. The van der Waals surface area contributed by atoms with Crippen molar-refractivity contribution in [2.45, 2.75) is 6.54 Å². The lowest BCUT2D eigenvalue weighted by atomic mass is 10.1. The zero-order chi connectivity index (χ0) is 13.2. The van der Waals surface area contributed by atoms with E-state index in [1.165, 1.54) is 10.9 Å². The lowest BCUT2D eigenvalue weighted by Gasteiger charge is -2.07. The molecule has 0 saturated carbocycles. The molecule has 4 heteroatoms. The molecule has 2 nitrogen and oxygen atoms in total. The zero-order valence-electron chi connectivity index (χ0n) is 10.1. The van der Waals surface area contributed by atoms with Crippen LogP contribution < -0.4 is 5.32 Å². The fourth-order valence-corrected chi connectivity index (χ4v) is 2.47. The predicted octanol–water partition coefficient (Wildman–Crippen LogP) is 5.09. The summed E-state index contributed by atoms with van der Waals surface area (Å²) >= 11 is 12.1. The first-order valence-corrected chi connectivity index (χ1v) is 6.73. The number of rotatable bonds is 3. The van der Waals surface area contributed by atoms with Crippen molar-refractivity contribution in [2.75, 3.05) is 5.32 Å². The Morgan fingerprint density at radius 2 is 1.89 bits per heavy atom. The Balaban J connectivity index is 1.84. The van der Waals surface area contributed by atoms with Gasteiger partial charge in [0.05, 0.1) is 10.7 Å². The van der Waals surface area contributed by atoms with E-state index >= 15 is 0 Å². The van der Waals surface area contributed by atoms with Gasteiger partial charge < -0.3 is 10.3 Å². The first-order valence-electron chi connectivity index (χ1n) is 5.98. The molecule has 3 aromatic rings. The Morgan fingerprint density at radius 1 is 1.05 bits per heavy atom. The minimum Gasteiger partial charge on any atom is -0.380 e. The second-order valence-electron chi connectivity index (χ2n) is 4.34. The first kappa shape index (κ1) is 12.4. The number of halogens is 2. The Labute approximate surface area is 121 Å². The average molecular weight is 291 g/mol. The predicted molar refractivity (Wildman–Crippen MR) is 82.1 cm³/mol. The van der Waals surface area contributed by atoms with Crippen LogP contribution in [0.2, 0.25) is 10.0 Å².